The highest BCUT2D eigenvalue weighted by Crippen LogP contribution is 2.33. The molecule has 1 saturated heterocycles. The maximum Gasteiger partial charge on any atom is 0.226 e. The fraction of sp³-hybridized carbons (Fsp3) is 0.556. The Morgan fingerprint density at radius 2 is 1.85 bits per heavy atom. The van der Waals surface area contributed by atoms with Crippen molar-refractivity contribution in [1.29, 1.82) is 0 Å². The zero-order chi connectivity index (χ0) is 18.7. The summed E-state index contributed by atoms with van der Waals surface area (Å²) in [5.41, 5.74) is 0.482. The van der Waals surface area contributed by atoms with Crippen molar-refractivity contribution in [1.82, 2.24) is 4.90 Å². The molecular weight excluding hydrogens is 448 g/mol. The van der Waals surface area contributed by atoms with Gasteiger partial charge in [0, 0.05) is 25.3 Å². The molecule has 1 aliphatic carbocycles. The molecule has 2 fully saturated rings. The number of amides is 1. The van der Waals surface area contributed by atoms with Gasteiger partial charge < -0.3 is 10.2 Å². The average Bonchev–Trinajstić information content (AvgIpc) is 2.94. The van der Waals surface area contributed by atoms with Gasteiger partial charge in [0.05, 0.1) is 26.8 Å². The highest BCUT2D eigenvalue weighted by molar-refractivity contribution is 8.14. The molecule has 2 aliphatic rings. The van der Waals surface area contributed by atoms with Gasteiger partial charge in [-0.15, -0.1) is 12.4 Å². The minimum atomic E-state index is -0.0957. The van der Waals surface area contributed by atoms with E-state index in [0.717, 1.165) is 10.9 Å². The molecule has 1 N–H and O–H groups in total. The third-order valence-corrected chi connectivity index (χ3v) is 7.06. The number of aliphatic imine (C=N–C) groups is 1. The van der Waals surface area contributed by atoms with Crippen molar-refractivity contribution in [2.75, 3.05) is 18.1 Å². The zero-order valence-corrected chi connectivity index (χ0v) is 18.9. The summed E-state index contributed by atoms with van der Waals surface area (Å²) in [5.74, 6) is 0.770. The molecule has 27 heavy (non-hydrogen) atoms. The number of carbonyl (C=O) groups excluding carboxylic acids is 1. The molecule has 1 atom stereocenters. The molecule has 0 spiro atoms. The predicted octanol–water partition coefficient (Wildman–Crippen LogP) is 6.13. The Morgan fingerprint density at radius 3 is 2.56 bits per heavy atom. The van der Waals surface area contributed by atoms with E-state index in [-0.39, 0.29) is 24.4 Å². The van der Waals surface area contributed by atoms with Crippen LogP contribution in [0.2, 0.25) is 15.1 Å². The van der Waals surface area contributed by atoms with Crippen LogP contribution in [0.3, 0.4) is 0 Å². The number of thioether (sulfide) groups is 1. The monoisotopic (exact) mass is 469 g/mol. The lowest BCUT2D eigenvalue weighted by molar-refractivity contribution is -0.116. The molecule has 150 valence electrons. The van der Waals surface area contributed by atoms with E-state index in [4.69, 9.17) is 39.8 Å². The van der Waals surface area contributed by atoms with Crippen LogP contribution >= 0.6 is 59.0 Å². The first-order valence-corrected chi connectivity index (χ1v) is 10.9. The largest absolute Gasteiger partial charge is 0.350 e. The second-order valence-electron chi connectivity index (χ2n) is 6.78. The summed E-state index contributed by atoms with van der Waals surface area (Å²) in [5, 5.41) is 4.99. The van der Waals surface area contributed by atoms with Crippen LogP contribution in [-0.4, -0.2) is 40.9 Å². The predicted molar refractivity (Wildman–Crippen MR) is 120 cm³/mol. The average molecular weight is 471 g/mol. The van der Waals surface area contributed by atoms with Gasteiger partial charge in [-0.1, -0.05) is 65.8 Å². The van der Waals surface area contributed by atoms with Crippen LogP contribution in [0.5, 0.6) is 0 Å². The van der Waals surface area contributed by atoms with Gasteiger partial charge in [-0.05, 0) is 25.0 Å². The Labute approximate surface area is 185 Å². The lowest BCUT2D eigenvalue weighted by atomic mass is 9.96. The van der Waals surface area contributed by atoms with Crippen molar-refractivity contribution < 1.29 is 4.79 Å². The molecule has 3 rings (SSSR count). The smallest absolute Gasteiger partial charge is 0.226 e. The molecule has 1 unspecified atom stereocenters. The van der Waals surface area contributed by atoms with Gasteiger partial charge in [-0.2, -0.15) is 0 Å². The Morgan fingerprint density at radius 1 is 1.19 bits per heavy atom. The topological polar surface area (TPSA) is 44.7 Å². The molecule has 1 saturated carbocycles. The number of anilines is 1. The molecule has 1 heterocycles. The Bertz CT molecular complexity index is 710. The maximum atomic E-state index is 12.4. The fourth-order valence-electron chi connectivity index (χ4n) is 3.26. The molecular formula is C18H23Cl4N3OS. The normalized spacial score (nSPS) is 22.0. The molecule has 1 aromatic rings. The van der Waals surface area contributed by atoms with Crippen molar-refractivity contribution in [2.45, 2.75) is 50.6 Å². The molecule has 4 nitrogen and oxygen atoms in total. The van der Waals surface area contributed by atoms with E-state index in [1.165, 1.54) is 38.2 Å². The van der Waals surface area contributed by atoms with E-state index in [9.17, 15) is 4.79 Å². The molecule has 1 aliphatic heterocycles. The number of hydrogen-bond donors (Lipinski definition) is 1. The van der Waals surface area contributed by atoms with Crippen LogP contribution in [0.15, 0.2) is 17.1 Å². The fourth-order valence-corrected chi connectivity index (χ4v) is 5.12. The van der Waals surface area contributed by atoms with E-state index in [0.29, 0.717) is 33.2 Å². The van der Waals surface area contributed by atoms with Crippen molar-refractivity contribution in [3.05, 3.63) is 27.2 Å². The number of carbonyl (C=O) groups is 1. The first kappa shape index (κ1) is 23.0. The third-order valence-electron chi connectivity index (χ3n) is 4.83. The first-order valence-electron chi connectivity index (χ1n) is 8.82. The molecule has 9 heteroatoms. The van der Waals surface area contributed by atoms with Crippen molar-refractivity contribution in [3.8, 4) is 0 Å². The molecule has 0 bridgehead atoms. The minimum absolute atomic E-state index is 0. The van der Waals surface area contributed by atoms with E-state index in [2.05, 4.69) is 10.2 Å². The molecule has 1 amide bonds. The van der Waals surface area contributed by atoms with Crippen LogP contribution in [-0.2, 0) is 4.79 Å². The van der Waals surface area contributed by atoms with Gasteiger partial charge in [-0.25, -0.2) is 0 Å². The summed E-state index contributed by atoms with van der Waals surface area (Å²) >= 11 is 19.8. The number of benzene rings is 1. The quantitative estimate of drug-likeness (QED) is 0.538. The van der Waals surface area contributed by atoms with Gasteiger partial charge in [0.25, 0.3) is 0 Å². The van der Waals surface area contributed by atoms with Crippen molar-refractivity contribution in [2.24, 2.45) is 4.99 Å². The number of amidine groups is 1. The SMILES string of the molecule is CN1C(=NC2CCCCC2)SCC1CC(=O)Nc1cc(Cl)c(Cl)cc1Cl.Cl. The highest BCUT2D eigenvalue weighted by atomic mass is 35.5. The summed E-state index contributed by atoms with van der Waals surface area (Å²) < 4.78 is 0. The highest BCUT2D eigenvalue weighted by Gasteiger charge is 2.30. The van der Waals surface area contributed by atoms with E-state index >= 15 is 0 Å². The van der Waals surface area contributed by atoms with Crippen molar-refractivity contribution >= 4 is 75.7 Å². The van der Waals surface area contributed by atoms with E-state index < -0.39 is 0 Å². The summed E-state index contributed by atoms with van der Waals surface area (Å²) in [6.07, 6.45) is 6.60. The van der Waals surface area contributed by atoms with Crippen LogP contribution in [0, 0.1) is 0 Å². The Kier molecular flexibility index (Phi) is 8.88. The van der Waals surface area contributed by atoms with E-state index in [1.807, 2.05) is 7.05 Å². The van der Waals surface area contributed by atoms with Gasteiger partial charge in [0.15, 0.2) is 5.17 Å². The summed E-state index contributed by atoms with van der Waals surface area (Å²) in [6, 6.07) is 3.68. The van der Waals surface area contributed by atoms with Crippen LogP contribution in [0.1, 0.15) is 38.5 Å². The summed E-state index contributed by atoms with van der Waals surface area (Å²) in [7, 11) is 2.02. The minimum Gasteiger partial charge on any atom is -0.350 e. The van der Waals surface area contributed by atoms with E-state index in [1.54, 1.807) is 17.8 Å². The summed E-state index contributed by atoms with van der Waals surface area (Å²) in [4.78, 5) is 19.5. The molecule has 1 aromatic carbocycles. The van der Waals surface area contributed by atoms with Gasteiger partial charge in [0.2, 0.25) is 5.91 Å². The second kappa shape index (κ2) is 10.4. The number of nitrogens with zero attached hydrogens (tertiary/aromatic N) is 2. The van der Waals surface area contributed by atoms with Crippen molar-refractivity contribution in [3.63, 3.8) is 0 Å². The van der Waals surface area contributed by atoms with Crippen LogP contribution in [0.25, 0.3) is 0 Å². The number of rotatable bonds is 4. The van der Waals surface area contributed by atoms with Gasteiger partial charge in [0.1, 0.15) is 0 Å². The molecule has 0 radical (unpaired) electrons. The zero-order valence-electron chi connectivity index (χ0n) is 15.0. The number of halogens is 4. The third kappa shape index (κ3) is 6.07. The maximum absolute atomic E-state index is 12.4. The standard InChI is InChI=1S/C18H22Cl3N3OS.ClH/c1-24-12(10-26-18(24)22-11-5-3-2-4-6-11)7-17(25)23-16-9-14(20)13(19)8-15(16)21;/h8-9,11-12H,2-7,10H2,1H3,(H,23,25);1H. The Balaban J connectivity index is 0.00000261. The van der Waals surface area contributed by atoms with Gasteiger partial charge >= 0.3 is 0 Å². The van der Waals surface area contributed by atoms with Gasteiger partial charge in [-0.3, -0.25) is 9.79 Å². The number of hydrogen-bond acceptors (Lipinski definition) is 3. The summed E-state index contributed by atoms with van der Waals surface area (Å²) in [6.45, 7) is 0. The lowest BCUT2D eigenvalue weighted by Gasteiger charge is -2.23. The first-order chi connectivity index (χ1) is 12.4. The number of nitrogens with one attached hydrogen (secondary N) is 1. The van der Waals surface area contributed by atoms with Crippen LogP contribution in [0.4, 0.5) is 5.69 Å². The van der Waals surface area contributed by atoms with Crippen LogP contribution < -0.4 is 5.32 Å². The Hall–Kier alpha value is -0.330. The second-order valence-corrected chi connectivity index (χ2v) is 8.99. The molecule has 0 aromatic heterocycles. The lowest BCUT2D eigenvalue weighted by Crippen LogP contribution is -2.34.